The highest BCUT2D eigenvalue weighted by molar-refractivity contribution is 5.84. The molecule has 3 heterocycles. The molecule has 7 aromatic carbocycles. The smallest absolute Gasteiger partial charge is 0.292 e. The van der Waals surface area contributed by atoms with E-state index in [9.17, 15) is 0 Å². The first-order valence-corrected chi connectivity index (χ1v) is 18.2. The molecule has 10 rings (SSSR count). The van der Waals surface area contributed by atoms with Gasteiger partial charge in [-0.1, -0.05) is 127 Å². The topological polar surface area (TPSA) is 50.4 Å². The van der Waals surface area contributed by atoms with Gasteiger partial charge < -0.3 is 0 Å². The van der Waals surface area contributed by atoms with E-state index in [1.807, 2.05) is 12.1 Å². The number of fused-ring (bicyclic) bond motifs is 2. The van der Waals surface area contributed by atoms with Gasteiger partial charge in [-0.15, -0.1) is 0 Å². The first-order valence-electron chi connectivity index (χ1n) is 18.2. The normalized spacial score (nSPS) is 11.3. The maximum atomic E-state index is 5.17. The van der Waals surface area contributed by atoms with E-state index >= 15 is 0 Å². The molecule has 0 saturated heterocycles. The Morgan fingerprint density at radius 2 is 0.981 bits per heavy atom. The van der Waals surface area contributed by atoms with Gasteiger partial charge in [0.2, 0.25) is 0 Å². The van der Waals surface area contributed by atoms with E-state index < -0.39 is 0 Å². The molecule has 5 nitrogen and oxygen atoms in total. The molecule has 0 bridgehead atoms. The van der Waals surface area contributed by atoms with E-state index in [1.54, 1.807) is 0 Å². The van der Waals surface area contributed by atoms with Crippen LogP contribution in [0.25, 0.3) is 89.9 Å². The van der Waals surface area contributed by atoms with Crippen molar-refractivity contribution >= 4 is 22.1 Å². The largest absolute Gasteiger partial charge is 0.292 e. The van der Waals surface area contributed by atoms with E-state index in [4.69, 9.17) is 9.97 Å². The summed E-state index contributed by atoms with van der Waals surface area (Å²) in [6.45, 7) is 0. The molecule has 5 heteroatoms. The van der Waals surface area contributed by atoms with Gasteiger partial charge in [-0.3, -0.25) is 4.57 Å². The average molecular weight is 693 g/mol. The summed E-state index contributed by atoms with van der Waals surface area (Å²) in [7, 11) is 0. The Balaban J connectivity index is 1.05. The molecule has 0 atom stereocenters. The molecule has 0 fully saturated rings. The summed E-state index contributed by atoms with van der Waals surface area (Å²) >= 11 is 0. The van der Waals surface area contributed by atoms with Crippen molar-refractivity contribution in [3.05, 3.63) is 200 Å². The molecule has 1 N–H and O–H groups in total. The van der Waals surface area contributed by atoms with Crippen LogP contribution in [-0.2, 0) is 0 Å². The number of hydrogen-bond acceptors (Lipinski definition) is 2. The highest BCUT2D eigenvalue weighted by atomic mass is 15.1. The van der Waals surface area contributed by atoms with Crippen LogP contribution in [0.15, 0.2) is 200 Å². The molecule has 254 valence electrons. The summed E-state index contributed by atoms with van der Waals surface area (Å²) in [5, 5.41) is 0. The van der Waals surface area contributed by atoms with Crippen LogP contribution >= 0.6 is 0 Å². The first-order chi connectivity index (χ1) is 26.8. The molecule has 0 unspecified atom stereocenters. The minimum atomic E-state index is 0.888. The Morgan fingerprint density at radius 1 is 0.426 bits per heavy atom. The highest BCUT2D eigenvalue weighted by Gasteiger charge is 2.22. The second kappa shape index (κ2) is 13.3. The van der Waals surface area contributed by atoms with Gasteiger partial charge in [0.15, 0.2) is 11.0 Å². The summed E-state index contributed by atoms with van der Waals surface area (Å²) in [4.78, 5) is 14.0. The minimum absolute atomic E-state index is 0.888. The van der Waals surface area contributed by atoms with Gasteiger partial charge in [0.25, 0.3) is 5.82 Å². The van der Waals surface area contributed by atoms with Gasteiger partial charge in [0.1, 0.15) is 11.5 Å². The molecule has 0 saturated carbocycles. The van der Waals surface area contributed by atoms with Crippen molar-refractivity contribution in [1.29, 1.82) is 0 Å². The lowest BCUT2D eigenvalue weighted by molar-refractivity contribution is -0.554. The fourth-order valence-corrected chi connectivity index (χ4v) is 7.40. The number of nitrogens with one attached hydrogen (secondary N) is 1. The highest BCUT2D eigenvalue weighted by Crippen LogP contribution is 2.34. The Hall–Kier alpha value is -7.37. The number of pyridine rings is 1. The number of aromatic amines is 1. The van der Waals surface area contributed by atoms with Crippen molar-refractivity contribution in [2.24, 2.45) is 0 Å². The number of aromatic nitrogens is 5. The van der Waals surface area contributed by atoms with Crippen LogP contribution in [0.2, 0.25) is 0 Å². The second-order valence-electron chi connectivity index (χ2n) is 13.4. The number of benzene rings is 7. The standard InChI is InChI=1S/C49H33N5/c1-4-14-34(15-5-1)39-32-44(35-16-6-2-7-17-35)50-45(33-39)36-28-30-41(31-29-36)54-47-23-13-11-21-43(47)52-49(54)38-26-24-37(25-27-38)48-51-42-20-10-12-22-46(42)53(48)40-18-8-3-9-19-40/h1-33H/p+1. The minimum Gasteiger partial charge on any atom is -0.292 e. The number of nitrogens with zero attached hydrogens (tertiary/aromatic N) is 4. The van der Waals surface area contributed by atoms with Gasteiger partial charge in [-0.05, 0) is 83.9 Å². The van der Waals surface area contributed by atoms with Crippen LogP contribution in [0.5, 0.6) is 0 Å². The van der Waals surface area contributed by atoms with Gasteiger partial charge in [-0.25, -0.2) is 15.0 Å². The third kappa shape index (κ3) is 5.65. The van der Waals surface area contributed by atoms with Gasteiger partial charge in [-0.2, -0.15) is 4.57 Å². The molecular weight excluding hydrogens is 659 g/mol. The fraction of sp³-hybridized carbons (Fsp3) is 0. The van der Waals surface area contributed by atoms with Crippen LogP contribution in [0, 0.1) is 0 Å². The molecule has 0 aliphatic rings. The van der Waals surface area contributed by atoms with Crippen LogP contribution in [0.1, 0.15) is 0 Å². The van der Waals surface area contributed by atoms with Crippen LogP contribution in [0.4, 0.5) is 0 Å². The van der Waals surface area contributed by atoms with Crippen LogP contribution < -0.4 is 4.57 Å². The Kier molecular flexibility index (Phi) is 7.73. The maximum absolute atomic E-state index is 5.17. The number of H-pyrrole nitrogens is 1. The van der Waals surface area contributed by atoms with Crippen molar-refractivity contribution in [2.45, 2.75) is 0 Å². The SMILES string of the molecule is c1ccc(-c2cc(-c3ccccc3)nc(-c3ccc(-n4c(-c5ccc(-c6[nH]c7ccccc7[n+]6-c6ccccc6)cc5)nc5ccccc54)cc3)c2)cc1. The number of hydrogen-bond donors (Lipinski definition) is 1. The Bertz CT molecular complexity index is 2830. The molecule has 0 aliphatic carbocycles. The average Bonchev–Trinajstić information content (AvgIpc) is 3.84. The molecule has 10 aromatic rings. The molecule has 0 radical (unpaired) electrons. The van der Waals surface area contributed by atoms with Gasteiger partial charge in [0.05, 0.1) is 28.0 Å². The first kappa shape index (κ1) is 31.4. The van der Waals surface area contributed by atoms with Gasteiger partial charge in [0, 0.05) is 22.4 Å². The van der Waals surface area contributed by atoms with Crippen LogP contribution in [-0.4, -0.2) is 19.5 Å². The predicted molar refractivity (Wildman–Crippen MR) is 219 cm³/mol. The predicted octanol–water partition coefficient (Wildman–Crippen LogP) is 11.5. The summed E-state index contributed by atoms with van der Waals surface area (Å²) in [6.07, 6.45) is 0. The van der Waals surface area contributed by atoms with Crippen molar-refractivity contribution in [1.82, 2.24) is 19.5 Å². The second-order valence-corrected chi connectivity index (χ2v) is 13.4. The van der Waals surface area contributed by atoms with Crippen molar-refractivity contribution in [2.75, 3.05) is 0 Å². The molecule has 0 aliphatic heterocycles. The Morgan fingerprint density at radius 3 is 1.70 bits per heavy atom. The van der Waals surface area contributed by atoms with E-state index in [2.05, 4.69) is 202 Å². The summed E-state index contributed by atoms with van der Waals surface area (Å²) in [5.41, 5.74) is 14.8. The van der Waals surface area contributed by atoms with E-state index in [0.717, 1.165) is 89.9 Å². The summed E-state index contributed by atoms with van der Waals surface area (Å²) in [5.74, 6) is 1.91. The lowest BCUT2D eigenvalue weighted by atomic mass is 10.00. The quantitative estimate of drug-likeness (QED) is 0.169. The number of para-hydroxylation sites is 5. The maximum Gasteiger partial charge on any atom is 0.292 e. The van der Waals surface area contributed by atoms with E-state index in [0.29, 0.717) is 0 Å². The molecule has 0 spiro atoms. The zero-order chi connectivity index (χ0) is 35.8. The van der Waals surface area contributed by atoms with E-state index in [-0.39, 0.29) is 0 Å². The summed E-state index contributed by atoms with van der Waals surface area (Å²) in [6, 6.07) is 69.9. The zero-order valence-corrected chi connectivity index (χ0v) is 29.3. The molecule has 54 heavy (non-hydrogen) atoms. The third-order valence-electron chi connectivity index (χ3n) is 10.0. The van der Waals surface area contributed by atoms with Crippen LogP contribution in [0.3, 0.4) is 0 Å². The number of imidazole rings is 2. The third-order valence-corrected chi connectivity index (χ3v) is 10.0. The monoisotopic (exact) mass is 692 g/mol. The summed E-state index contributed by atoms with van der Waals surface area (Å²) < 4.78 is 4.54. The van der Waals surface area contributed by atoms with Crippen molar-refractivity contribution in [3.63, 3.8) is 0 Å². The molecule has 0 amide bonds. The lowest BCUT2D eigenvalue weighted by Gasteiger charge is -2.13. The van der Waals surface area contributed by atoms with Crippen molar-refractivity contribution < 1.29 is 4.57 Å². The fourth-order valence-electron chi connectivity index (χ4n) is 7.40. The number of rotatable bonds is 7. The zero-order valence-electron chi connectivity index (χ0n) is 29.3. The van der Waals surface area contributed by atoms with Crippen molar-refractivity contribution in [3.8, 4) is 67.8 Å². The van der Waals surface area contributed by atoms with Gasteiger partial charge >= 0.3 is 0 Å². The lowest BCUT2D eigenvalue weighted by Crippen LogP contribution is -2.31. The Labute approximate surface area is 313 Å². The van der Waals surface area contributed by atoms with E-state index in [1.165, 1.54) is 0 Å². The molecule has 3 aromatic heterocycles. The molecular formula is C49H34N5+.